The Morgan fingerprint density at radius 1 is 1.00 bits per heavy atom. The summed E-state index contributed by atoms with van der Waals surface area (Å²) in [5.74, 6) is 1.96. The highest BCUT2D eigenvalue weighted by molar-refractivity contribution is 5.85. The fraction of sp³-hybridized carbons (Fsp3) is 0.478. The predicted molar refractivity (Wildman–Crippen MR) is 121 cm³/mol. The van der Waals surface area contributed by atoms with Gasteiger partial charge in [0.05, 0.1) is 26.3 Å². The number of nitrogens with one attached hydrogen (secondary N) is 1. The van der Waals surface area contributed by atoms with Gasteiger partial charge in [0.25, 0.3) is 0 Å². The van der Waals surface area contributed by atoms with Crippen LogP contribution in [0.5, 0.6) is 17.2 Å². The van der Waals surface area contributed by atoms with Gasteiger partial charge >= 0.3 is 0 Å². The first kappa shape index (κ1) is 24.3. The lowest BCUT2D eigenvalue weighted by atomic mass is 10.1. The minimum atomic E-state index is -0.363. The molecule has 1 unspecified atom stereocenters. The van der Waals surface area contributed by atoms with Crippen molar-refractivity contribution >= 4 is 12.4 Å². The lowest BCUT2D eigenvalue weighted by Gasteiger charge is -2.45. The van der Waals surface area contributed by atoms with E-state index in [1.807, 2.05) is 6.07 Å². The molecule has 0 aliphatic carbocycles. The molecule has 7 heteroatoms. The summed E-state index contributed by atoms with van der Waals surface area (Å²) in [6.45, 7) is 2.91. The molecule has 0 fully saturated rings. The van der Waals surface area contributed by atoms with E-state index in [1.54, 1.807) is 20.3 Å². The number of benzene rings is 2. The number of aryl methyl sites for hydroxylation is 1. The number of fused-ring (bicyclic) bond motifs is 1. The van der Waals surface area contributed by atoms with E-state index in [2.05, 4.69) is 35.6 Å². The van der Waals surface area contributed by atoms with Crippen LogP contribution in [0, 0.1) is 5.21 Å². The van der Waals surface area contributed by atoms with Gasteiger partial charge in [-0.1, -0.05) is 30.3 Å². The predicted octanol–water partition coefficient (Wildman–Crippen LogP) is 4.29. The molecule has 1 aliphatic rings. The molecular formula is C23H33ClN2O4. The summed E-state index contributed by atoms with van der Waals surface area (Å²) in [6, 6.07) is 14.2. The van der Waals surface area contributed by atoms with Crippen molar-refractivity contribution in [3.63, 3.8) is 0 Å². The Kier molecular flexibility index (Phi) is 9.72. The number of hydroxylamine groups is 3. The van der Waals surface area contributed by atoms with Gasteiger partial charge in [-0.3, -0.25) is 0 Å². The molecule has 1 atom stereocenters. The number of hydrogen-bond donors (Lipinski definition) is 1. The van der Waals surface area contributed by atoms with Gasteiger partial charge in [0.1, 0.15) is 12.3 Å². The van der Waals surface area contributed by atoms with Gasteiger partial charge in [-0.2, -0.15) is 0 Å². The number of rotatable bonds is 11. The Balaban J connectivity index is 0.00000320. The lowest BCUT2D eigenvalue weighted by molar-refractivity contribution is -0.912. The number of ether oxygens (including phenoxy) is 3. The average Bonchev–Trinajstić information content (AvgIpc) is 2.75. The van der Waals surface area contributed by atoms with Crippen molar-refractivity contribution in [3.8, 4) is 17.2 Å². The molecule has 2 aromatic rings. The van der Waals surface area contributed by atoms with Gasteiger partial charge in [-0.05, 0) is 37.4 Å². The highest BCUT2D eigenvalue weighted by Gasteiger charge is 2.27. The fourth-order valence-corrected chi connectivity index (χ4v) is 3.69. The molecule has 2 aromatic carbocycles. The van der Waals surface area contributed by atoms with Crippen LogP contribution in [-0.4, -0.2) is 45.2 Å². The Bertz CT molecular complexity index is 775. The van der Waals surface area contributed by atoms with E-state index in [0.29, 0.717) is 30.3 Å². The molecule has 0 saturated heterocycles. The third-order valence-corrected chi connectivity index (χ3v) is 5.31. The van der Waals surface area contributed by atoms with Gasteiger partial charge in [-0.25, -0.2) is 0 Å². The minimum Gasteiger partial charge on any atom is -0.630 e. The molecule has 0 spiro atoms. The van der Waals surface area contributed by atoms with E-state index in [4.69, 9.17) is 14.2 Å². The normalized spacial score (nSPS) is 17.4. The van der Waals surface area contributed by atoms with Crippen LogP contribution < -0.4 is 19.5 Å². The number of quaternary nitrogens is 1. The first-order chi connectivity index (χ1) is 14.1. The summed E-state index contributed by atoms with van der Waals surface area (Å²) < 4.78 is 16.0. The van der Waals surface area contributed by atoms with Crippen molar-refractivity contribution in [2.75, 3.05) is 40.6 Å². The molecular weight excluding hydrogens is 404 g/mol. The Hall–Kier alpha value is -1.99. The Morgan fingerprint density at radius 3 is 2.43 bits per heavy atom. The second-order valence-corrected chi connectivity index (χ2v) is 7.57. The SMILES string of the molecule is COc1cc2c(cc1OC)OC[N+]([O-])(CCCNCCCCc1ccccc1)C2.Cl. The smallest absolute Gasteiger partial charge is 0.223 e. The van der Waals surface area contributed by atoms with Gasteiger partial charge in [0.15, 0.2) is 11.5 Å². The first-order valence-electron chi connectivity index (χ1n) is 10.3. The van der Waals surface area contributed by atoms with Crippen molar-refractivity contribution < 1.29 is 18.9 Å². The number of methoxy groups -OCH3 is 2. The molecule has 166 valence electrons. The molecule has 0 saturated carbocycles. The fourth-order valence-electron chi connectivity index (χ4n) is 3.69. The van der Waals surface area contributed by atoms with Crippen LogP contribution in [0.1, 0.15) is 30.4 Å². The van der Waals surface area contributed by atoms with E-state index in [9.17, 15) is 5.21 Å². The number of halogens is 1. The summed E-state index contributed by atoms with van der Waals surface area (Å²) >= 11 is 0. The third-order valence-electron chi connectivity index (χ3n) is 5.31. The molecule has 3 rings (SSSR count). The number of unbranched alkanes of at least 4 members (excludes halogenated alkanes) is 1. The average molecular weight is 437 g/mol. The first-order valence-corrected chi connectivity index (χ1v) is 10.3. The van der Waals surface area contributed by atoms with Gasteiger partial charge < -0.3 is 29.4 Å². The van der Waals surface area contributed by atoms with Gasteiger partial charge in [0.2, 0.25) is 6.73 Å². The highest BCUT2D eigenvalue weighted by atomic mass is 35.5. The van der Waals surface area contributed by atoms with Crippen LogP contribution in [0.4, 0.5) is 0 Å². The van der Waals surface area contributed by atoms with Crippen LogP contribution in [-0.2, 0) is 13.0 Å². The van der Waals surface area contributed by atoms with Crippen molar-refractivity contribution in [3.05, 3.63) is 58.8 Å². The molecule has 1 N–H and O–H groups in total. The highest BCUT2D eigenvalue weighted by Crippen LogP contribution is 2.38. The molecule has 6 nitrogen and oxygen atoms in total. The zero-order chi connectivity index (χ0) is 20.5. The second-order valence-electron chi connectivity index (χ2n) is 7.57. The Morgan fingerprint density at radius 2 is 1.70 bits per heavy atom. The summed E-state index contributed by atoms with van der Waals surface area (Å²) in [5.41, 5.74) is 2.27. The molecule has 30 heavy (non-hydrogen) atoms. The summed E-state index contributed by atoms with van der Waals surface area (Å²) in [4.78, 5) is 0. The number of nitrogens with zero attached hydrogens (tertiary/aromatic N) is 1. The van der Waals surface area contributed by atoms with E-state index in [-0.39, 0.29) is 23.8 Å². The van der Waals surface area contributed by atoms with E-state index < -0.39 is 0 Å². The standard InChI is InChI=1S/C23H32N2O4.ClH/c1-27-22-15-20-17-25(26,18-29-21(20)16-23(22)28-2)14-8-13-24-12-7-6-11-19-9-4-3-5-10-19;/h3-5,9-10,15-16,24H,6-8,11-14,17-18H2,1-2H3;1H. The summed E-state index contributed by atoms with van der Waals surface area (Å²) in [7, 11) is 3.19. The van der Waals surface area contributed by atoms with Crippen LogP contribution in [0.25, 0.3) is 0 Å². The monoisotopic (exact) mass is 436 g/mol. The number of hydrogen-bond acceptors (Lipinski definition) is 5. The zero-order valence-corrected chi connectivity index (χ0v) is 18.7. The molecule has 1 heterocycles. The van der Waals surface area contributed by atoms with Crippen LogP contribution in [0.15, 0.2) is 42.5 Å². The summed E-state index contributed by atoms with van der Waals surface area (Å²) in [6.07, 6.45) is 4.26. The van der Waals surface area contributed by atoms with Gasteiger partial charge in [0, 0.05) is 19.0 Å². The van der Waals surface area contributed by atoms with E-state index >= 15 is 0 Å². The largest absolute Gasteiger partial charge is 0.630 e. The molecule has 0 radical (unpaired) electrons. The van der Waals surface area contributed by atoms with Crippen LogP contribution >= 0.6 is 12.4 Å². The zero-order valence-electron chi connectivity index (χ0n) is 17.9. The summed E-state index contributed by atoms with van der Waals surface area (Å²) in [5, 5.41) is 16.5. The maximum atomic E-state index is 13.0. The quantitative estimate of drug-likeness (QED) is 0.323. The van der Waals surface area contributed by atoms with Gasteiger partial charge in [-0.15, -0.1) is 12.4 Å². The minimum absolute atomic E-state index is 0. The molecule has 0 aromatic heterocycles. The molecule has 0 bridgehead atoms. The van der Waals surface area contributed by atoms with Crippen LogP contribution in [0.3, 0.4) is 0 Å². The maximum Gasteiger partial charge on any atom is 0.223 e. The third kappa shape index (κ3) is 6.77. The lowest BCUT2D eigenvalue weighted by Crippen LogP contribution is -2.48. The van der Waals surface area contributed by atoms with Crippen LogP contribution in [0.2, 0.25) is 0 Å². The Labute approximate surface area is 185 Å². The van der Waals surface area contributed by atoms with Crippen molar-refractivity contribution in [2.45, 2.75) is 32.2 Å². The van der Waals surface area contributed by atoms with Crippen molar-refractivity contribution in [2.24, 2.45) is 0 Å². The van der Waals surface area contributed by atoms with Crippen molar-refractivity contribution in [1.82, 2.24) is 5.32 Å². The topological polar surface area (TPSA) is 62.8 Å². The molecule has 1 aliphatic heterocycles. The van der Waals surface area contributed by atoms with E-state index in [0.717, 1.165) is 37.9 Å². The maximum absolute atomic E-state index is 13.0. The molecule has 0 amide bonds. The second kappa shape index (κ2) is 12.0. The van der Waals surface area contributed by atoms with Crippen molar-refractivity contribution in [1.29, 1.82) is 0 Å². The van der Waals surface area contributed by atoms with E-state index in [1.165, 1.54) is 12.0 Å².